The Morgan fingerprint density at radius 3 is 2.60 bits per heavy atom. The van der Waals surface area contributed by atoms with E-state index in [4.69, 9.17) is 16.3 Å². The number of hydrogen-bond donors (Lipinski definition) is 1. The van der Waals surface area contributed by atoms with E-state index in [-0.39, 0.29) is 5.91 Å². The van der Waals surface area contributed by atoms with Gasteiger partial charge in [0, 0.05) is 15.0 Å². The average molecular weight is 394 g/mol. The summed E-state index contributed by atoms with van der Waals surface area (Å²) in [7, 11) is 1.34. The smallest absolute Gasteiger partial charge is 0.341 e. The Balaban J connectivity index is 2.00. The molecule has 0 aliphatic heterocycles. The lowest BCUT2D eigenvalue weighted by Crippen LogP contribution is -2.13. The van der Waals surface area contributed by atoms with Crippen molar-refractivity contribution in [3.63, 3.8) is 0 Å². The molecule has 0 fully saturated rings. The second kappa shape index (κ2) is 7.15. The van der Waals surface area contributed by atoms with Gasteiger partial charge < -0.3 is 10.1 Å². The zero-order valence-corrected chi connectivity index (χ0v) is 16.3. The van der Waals surface area contributed by atoms with Gasteiger partial charge in [0.15, 0.2) is 0 Å². The molecular weight excluding hydrogens is 378 g/mol. The highest BCUT2D eigenvalue weighted by Crippen LogP contribution is 2.38. The largest absolute Gasteiger partial charge is 0.465 e. The van der Waals surface area contributed by atoms with Crippen LogP contribution in [0.15, 0.2) is 24.3 Å². The number of esters is 1. The number of amides is 1. The molecule has 0 aliphatic rings. The zero-order valence-electron chi connectivity index (χ0n) is 13.9. The van der Waals surface area contributed by atoms with Crippen molar-refractivity contribution in [3.05, 3.63) is 50.2 Å². The maximum Gasteiger partial charge on any atom is 0.341 e. The first-order valence-corrected chi connectivity index (χ1v) is 9.68. The van der Waals surface area contributed by atoms with Crippen molar-refractivity contribution < 1.29 is 14.3 Å². The molecule has 0 radical (unpaired) electrons. The zero-order chi connectivity index (χ0) is 18.1. The lowest BCUT2D eigenvalue weighted by Gasteiger charge is -2.06. The molecule has 3 aromatic rings. The van der Waals surface area contributed by atoms with Crippen molar-refractivity contribution in [1.29, 1.82) is 0 Å². The highest BCUT2D eigenvalue weighted by molar-refractivity contribution is 7.22. The summed E-state index contributed by atoms with van der Waals surface area (Å²) in [6, 6.07) is 7.60. The number of nitrogens with one attached hydrogen (secondary N) is 1. The summed E-state index contributed by atoms with van der Waals surface area (Å²) in [5, 5.41) is 4.63. The van der Waals surface area contributed by atoms with Gasteiger partial charge in [-0.2, -0.15) is 0 Å². The van der Waals surface area contributed by atoms with Gasteiger partial charge >= 0.3 is 5.97 Å². The number of benzene rings is 1. The van der Waals surface area contributed by atoms with Crippen molar-refractivity contribution in [3.8, 4) is 0 Å². The van der Waals surface area contributed by atoms with Crippen LogP contribution in [0.4, 0.5) is 5.00 Å². The Hall–Kier alpha value is -1.89. The molecule has 25 heavy (non-hydrogen) atoms. The summed E-state index contributed by atoms with van der Waals surface area (Å²) < 4.78 is 5.83. The van der Waals surface area contributed by atoms with Gasteiger partial charge in [0.05, 0.1) is 17.7 Å². The van der Waals surface area contributed by atoms with Crippen molar-refractivity contribution in [1.82, 2.24) is 0 Å². The van der Waals surface area contributed by atoms with Crippen molar-refractivity contribution >= 4 is 61.2 Å². The number of carbonyl (C=O) groups excluding carboxylic acids is 2. The van der Waals surface area contributed by atoms with E-state index in [1.807, 2.05) is 38.1 Å². The molecule has 130 valence electrons. The molecule has 2 aromatic heterocycles. The fourth-order valence-corrected chi connectivity index (χ4v) is 5.27. The van der Waals surface area contributed by atoms with E-state index in [9.17, 15) is 9.59 Å². The highest BCUT2D eigenvalue weighted by atomic mass is 35.5. The predicted molar refractivity (Wildman–Crippen MR) is 105 cm³/mol. The molecule has 0 spiro atoms. The number of fused-ring (bicyclic) bond motifs is 1. The summed E-state index contributed by atoms with van der Waals surface area (Å²) in [6.45, 7) is 3.90. The van der Waals surface area contributed by atoms with Gasteiger partial charge in [0.2, 0.25) is 0 Å². The van der Waals surface area contributed by atoms with E-state index in [0.29, 0.717) is 26.9 Å². The van der Waals surface area contributed by atoms with E-state index >= 15 is 0 Å². The van der Waals surface area contributed by atoms with E-state index in [1.54, 1.807) is 0 Å². The number of ether oxygens (including phenoxy) is 1. The molecular formula is C18H16ClNO3S2. The fraction of sp³-hybridized carbons (Fsp3) is 0.222. The molecule has 1 amide bonds. The predicted octanol–water partition coefficient (Wildman–Crippen LogP) is 5.53. The number of rotatable bonds is 4. The maximum absolute atomic E-state index is 12.7. The van der Waals surface area contributed by atoms with E-state index < -0.39 is 5.97 Å². The molecule has 2 heterocycles. The third-order valence-corrected chi connectivity index (χ3v) is 6.66. The molecule has 4 nitrogen and oxygen atoms in total. The first-order chi connectivity index (χ1) is 12.0. The molecule has 0 saturated carbocycles. The maximum atomic E-state index is 12.7. The first kappa shape index (κ1) is 17.9. The summed E-state index contributed by atoms with van der Waals surface area (Å²) in [5.74, 6) is -0.765. The van der Waals surface area contributed by atoms with Crippen molar-refractivity contribution in [2.24, 2.45) is 0 Å². The minimum absolute atomic E-state index is 0.319. The number of aryl methyl sites for hydroxylation is 1. The third kappa shape index (κ3) is 3.17. The molecule has 1 N–H and O–H groups in total. The molecule has 3 rings (SSSR count). The van der Waals surface area contributed by atoms with Crippen LogP contribution in [0.1, 0.15) is 37.4 Å². The Morgan fingerprint density at radius 1 is 1.24 bits per heavy atom. The van der Waals surface area contributed by atoms with E-state index in [0.717, 1.165) is 20.5 Å². The van der Waals surface area contributed by atoms with Gasteiger partial charge in [-0.15, -0.1) is 22.7 Å². The lowest BCUT2D eigenvalue weighted by molar-refractivity contribution is 0.0601. The minimum Gasteiger partial charge on any atom is -0.465 e. The third-order valence-electron chi connectivity index (χ3n) is 3.92. The summed E-state index contributed by atoms with van der Waals surface area (Å²) in [4.78, 5) is 26.3. The van der Waals surface area contributed by atoms with E-state index in [2.05, 4.69) is 5.32 Å². The van der Waals surface area contributed by atoms with Crippen LogP contribution in [0.5, 0.6) is 0 Å². The second-order valence-corrected chi connectivity index (χ2v) is 8.04. The minimum atomic E-state index is -0.445. The standard InChI is InChI=1S/C18H16ClNO3S2/c1-4-10-9(2)24-17(13(10)18(22)23-3)20-16(21)15-14(19)11-7-5-6-8-12(11)25-15/h5-8H,4H2,1-3H3,(H,20,21). The number of hydrogen-bond acceptors (Lipinski definition) is 5. The summed E-state index contributed by atoms with van der Waals surface area (Å²) >= 11 is 9.08. The van der Waals surface area contributed by atoms with Crippen molar-refractivity contribution in [2.75, 3.05) is 12.4 Å². The fourth-order valence-electron chi connectivity index (χ4n) is 2.73. The van der Waals surface area contributed by atoms with Crippen LogP contribution in [0, 0.1) is 6.92 Å². The van der Waals surface area contributed by atoms with Crippen LogP contribution in [-0.2, 0) is 11.2 Å². The number of anilines is 1. The first-order valence-electron chi connectivity index (χ1n) is 7.66. The normalized spacial score (nSPS) is 10.9. The Kier molecular flexibility index (Phi) is 5.13. The molecule has 0 unspecified atom stereocenters. The van der Waals surface area contributed by atoms with Crippen LogP contribution >= 0.6 is 34.3 Å². The van der Waals surface area contributed by atoms with Crippen molar-refractivity contribution in [2.45, 2.75) is 20.3 Å². The van der Waals surface area contributed by atoms with Crippen LogP contribution in [0.2, 0.25) is 5.02 Å². The number of thiophene rings is 2. The molecule has 0 bridgehead atoms. The van der Waals surface area contributed by atoms with Gasteiger partial charge in [-0.25, -0.2) is 4.79 Å². The lowest BCUT2D eigenvalue weighted by atomic mass is 10.1. The molecule has 1 aromatic carbocycles. The van der Waals surface area contributed by atoms with Gasteiger partial charge in [0.1, 0.15) is 9.88 Å². The summed E-state index contributed by atoms with van der Waals surface area (Å²) in [5.41, 5.74) is 1.33. The van der Waals surface area contributed by atoms with Gasteiger partial charge in [-0.1, -0.05) is 36.7 Å². The summed E-state index contributed by atoms with van der Waals surface area (Å²) in [6.07, 6.45) is 0.687. The number of methoxy groups -OCH3 is 1. The quantitative estimate of drug-likeness (QED) is 0.593. The van der Waals surface area contributed by atoms with Gasteiger partial charge in [-0.3, -0.25) is 4.79 Å². The Bertz CT molecular complexity index is 974. The van der Waals surface area contributed by atoms with Gasteiger partial charge in [-0.05, 0) is 25.0 Å². The van der Waals surface area contributed by atoms with Crippen LogP contribution < -0.4 is 5.32 Å². The van der Waals surface area contributed by atoms with Gasteiger partial charge in [0.25, 0.3) is 5.91 Å². The molecule has 0 atom stereocenters. The highest BCUT2D eigenvalue weighted by Gasteiger charge is 2.25. The molecule has 0 saturated heterocycles. The average Bonchev–Trinajstić information content (AvgIpc) is 3.11. The monoisotopic (exact) mass is 393 g/mol. The Labute approximate surface area is 158 Å². The number of carbonyl (C=O) groups is 2. The second-order valence-electron chi connectivity index (χ2n) is 5.38. The number of halogens is 1. The van der Waals surface area contributed by atoms with Crippen LogP contribution in [0.3, 0.4) is 0 Å². The SMILES string of the molecule is CCc1c(C)sc(NC(=O)c2sc3ccccc3c2Cl)c1C(=O)OC. The topological polar surface area (TPSA) is 55.4 Å². The molecule has 0 aliphatic carbocycles. The molecule has 7 heteroatoms. The van der Waals surface area contributed by atoms with Crippen LogP contribution in [-0.4, -0.2) is 19.0 Å². The van der Waals surface area contributed by atoms with E-state index in [1.165, 1.54) is 29.8 Å². The van der Waals surface area contributed by atoms with Crippen LogP contribution in [0.25, 0.3) is 10.1 Å². The Morgan fingerprint density at radius 2 is 1.96 bits per heavy atom.